The summed E-state index contributed by atoms with van der Waals surface area (Å²) in [7, 11) is 6.33. The average Bonchev–Trinajstić information content (AvgIpc) is 2.82. The molecule has 0 saturated carbocycles. The van der Waals surface area contributed by atoms with Gasteiger partial charge in [0, 0.05) is 23.4 Å². The van der Waals surface area contributed by atoms with Gasteiger partial charge in [-0.25, -0.2) is 0 Å². The van der Waals surface area contributed by atoms with Gasteiger partial charge in [-0.15, -0.1) is 0 Å². The number of hydrogen-bond donors (Lipinski definition) is 2. The van der Waals surface area contributed by atoms with Crippen molar-refractivity contribution in [1.29, 1.82) is 0 Å². The van der Waals surface area contributed by atoms with E-state index in [2.05, 4.69) is 4.99 Å². The Morgan fingerprint density at radius 2 is 1.20 bits per heavy atom. The maximum absolute atomic E-state index is 6.51. The molecule has 0 atom stereocenters. The predicted molar refractivity (Wildman–Crippen MR) is 124 cm³/mol. The first-order valence-electron chi connectivity index (χ1n) is 9.67. The number of benzene rings is 2. The lowest BCUT2D eigenvalue weighted by atomic mass is 10.0. The smallest absolute Gasteiger partial charge is 0.161 e. The maximum Gasteiger partial charge on any atom is 0.161 e. The van der Waals surface area contributed by atoms with Gasteiger partial charge in [-0.05, 0) is 43.3 Å². The lowest BCUT2D eigenvalue weighted by Crippen LogP contribution is -2.11. The molecule has 2 aromatic carbocycles. The van der Waals surface area contributed by atoms with E-state index in [9.17, 15) is 0 Å². The molecule has 0 spiro atoms. The predicted octanol–water partition coefficient (Wildman–Crippen LogP) is 3.95. The zero-order valence-corrected chi connectivity index (χ0v) is 18.9. The van der Waals surface area contributed by atoms with Gasteiger partial charge in [-0.1, -0.05) is 13.8 Å². The third-order valence-corrected chi connectivity index (χ3v) is 4.20. The number of hydrogen-bond acceptors (Lipinski definition) is 7. The number of nitrogens with zero attached hydrogens (tertiary/aromatic N) is 1. The molecule has 164 valence electrons. The van der Waals surface area contributed by atoms with E-state index in [1.165, 1.54) is 0 Å². The Bertz CT molecular complexity index is 892. The molecule has 4 N–H and O–H groups in total. The monoisotopic (exact) mass is 415 g/mol. The first kappa shape index (κ1) is 24.8. The molecule has 2 aromatic rings. The minimum absolute atomic E-state index is 0.315. The molecule has 30 heavy (non-hydrogen) atoms. The highest BCUT2D eigenvalue weighted by atomic mass is 16.5. The molecule has 0 aliphatic carbocycles. The molecule has 0 radical (unpaired) electrons. The van der Waals surface area contributed by atoms with E-state index in [4.69, 9.17) is 30.4 Å². The van der Waals surface area contributed by atoms with Crippen LogP contribution in [0.25, 0.3) is 11.4 Å². The van der Waals surface area contributed by atoms with Crippen LogP contribution in [0.4, 0.5) is 0 Å². The van der Waals surface area contributed by atoms with Crippen molar-refractivity contribution in [2.45, 2.75) is 20.8 Å². The van der Waals surface area contributed by atoms with Crippen molar-refractivity contribution in [2.24, 2.45) is 16.5 Å². The van der Waals surface area contributed by atoms with E-state index < -0.39 is 0 Å². The van der Waals surface area contributed by atoms with Crippen molar-refractivity contribution in [1.82, 2.24) is 0 Å². The summed E-state index contributed by atoms with van der Waals surface area (Å²) in [5, 5.41) is 0. The number of ether oxygens (including phenoxy) is 4. The summed E-state index contributed by atoms with van der Waals surface area (Å²) in [6.07, 6.45) is 0. The number of rotatable bonds is 8. The van der Waals surface area contributed by atoms with Crippen LogP contribution in [0.15, 0.2) is 41.4 Å². The fraction of sp³-hybridized carbons (Fsp3) is 0.348. The van der Waals surface area contributed by atoms with E-state index in [1.807, 2.05) is 51.1 Å². The zero-order chi connectivity index (χ0) is 22.7. The second-order valence-corrected chi connectivity index (χ2v) is 5.95. The van der Waals surface area contributed by atoms with Gasteiger partial charge in [0.2, 0.25) is 0 Å². The molecule has 0 aromatic heterocycles. The molecule has 0 aliphatic rings. The van der Waals surface area contributed by atoms with Crippen LogP contribution in [-0.4, -0.2) is 40.7 Å². The van der Waals surface area contributed by atoms with E-state index in [0.717, 1.165) is 16.8 Å². The van der Waals surface area contributed by atoms with E-state index in [-0.39, 0.29) is 0 Å². The Morgan fingerprint density at radius 1 is 0.767 bits per heavy atom. The van der Waals surface area contributed by atoms with Gasteiger partial charge in [0.05, 0.1) is 39.8 Å². The molecular formula is C23H33N3O4. The Labute approximate surface area is 179 Å². The van der Waals surface area contributed by atoms with Crippen molar-refractivity contribution >= 4 is 17.1 Å². The molecule has 7 heteroatoms. The lowest BCUT2D eigenvalue weighted by Gasteiger charge is -2.14. The van der Waals surface area contributed by atoms with Gasteiger partial charge in [-0.3, -0.25) is 4.99 Å². The highest BCUT2D eigenvalue weighted by Crippen LogP contribution is 2.35. The van der Waals surface area contributed by atoms with Gasteiger partial charge in [-0.2, -0.15) is 0 Å². The summed E-state index contributed by atoms with van der Waals surface area (Å²) in [6.45, 7) is 6.17. The van der Waals surface area contributed by atoms with Gasteiger partial charge in [0.25, 0.3) is 0 Å². The quantitative estimate of drug-likeness (QED) is 0.500. The van der Waals surface area contributed by atoms with Gasteiger partial charge in [0.15, 0.2) is 23.0 Å². The fourth-order valence-corrected chi connectivity index (χ4v) is 2.64. The van der Waals surface area contributed by atoms with Crippen LogP contribution in [-0.2, 0) is 0 Å². The maximum atomic E-state index is 6.51. The minimum Gasteiger partial charge on any atom is -0.493 e. The highest BCUT2D eigenvalue weighted by Gasteiger charge is 2.14. The molecule has 0 fully saturated rings. The standard InChI is InChI=1S/C21H27N3O4.C2H6/c1-13(12-22)24-21(15-7-9-17(26-3)19(11-15)28-5)20(23)14-6-8-16(25-2)18(10-14)27-4;1-2/h6-11H,12,22-23H2,1-5H3;1-2H3/b21-20-,24-13?;. The van der Waals surface area contributed by atoms with Crippen molar-refractivity contribution in [3.05, 3.63) is 47.5 Å². The van der Waals surface area contributed by atoms with Crippen molar-refractivity contribution in [2.75, 3.05) is 35.0 Å². The summed E-state index contributed by atoms with van der Waals surface area (Å²) < 4.78 is 21.4. The zero-order valence-electron chi connectivity index (χ0n) is 18.9. The first-order chi connectivity index (χ1) is 14.5. The average molecular weight is 416 g/mol. The SMILES string of the molecule is CC.COc1ccc(/C(N)=C(/N=C(C)CN)c2ccc(OC)c(OC)c2)cc1OC. The van der Waals surface area contributed by atoms with Crippen molar-refractivity contribution in [3.63, 3.8) is 0 Å². The minimum atomic E-state index is 0.315. The van der Waals surface area contributed by atoms with E-state index in [0.29, 0.717) is 40.9 Å². The third-order valence-electron chi connectivity index (χ3n) is 4.20. The van der Waals surface area contributed by atoms with Gasteiger partial charge < -0.3 is 30.4 Å². The van der Waals surface area contributed by atoms with Crippen LogP contribution in [0.5, 0.6) is 23.0 Å². The molecule has 0 heterocycles. The van der Waals surface area contributed by atoms with Gasteiger partial charge >= 0.3 is 0 Å². The summed E-state index contributed by atoms with van der Waals surface area (Å²) in [5.41, 5.74) is 15.6. The van der Waals surface area contributed by atoms with Crippen molar-refractivity contribution in [3.8, 4) is 23.0 Å². The molecule has 0 saturated heterocycles. The summed E-state index contributed by atoms with van der Waals surface area (Å²) >= 11 is 0. The van der Waals surface area contributed by atoms with Crippen LogP contribution < -0.4 is 30.4 Å². The van der Waals surface area contributed by atoms with Crippen LogP contribution in [0.3, 0.4) is 0 Å². The molecule has 0 unspecified atom stereocenters. The van der Waals surface area contributed by atoms with Gasteiger partial charge in [0.1, 0.15) is 0 Å². The number of aliphatic imine (C=N–C) groups is 1. The highest BCUT2D eigenvalue weighted by molar-refractivity contribution is 5.97. The Kier molecular flexibility index (Phi) is 10.3. The Hall–Kier alpha value is -3.19. The second-order valence-electron chi connectivity index (χ2n) is 5.95. The third kappa shape index (κ3) is 5.90. The second kappa shape index (κ2) is 12.4. The van der Waals surface area contributed by atoms with Crippen LogP contribution in [0, 0.1) is 0 Å². The molecule has 0 amide bonds. The molecular weight excluding hydrogens is 382 g/mol. The summed E-state index contributed by atoms with van der Waals surface area (Å²) in [6, 6.07) is 11.0. The fourth-order valence-electron chi connectivity index (χ4n) is 2.64. The first-order valence-corrected chi connectivity index (χ1v) is 9.67. The molecule has 0 bridgehead atoms. The molecule has 0 aliphatic heterocycles. The summed E-state index contributed by atoms with van der Waals surface area (Å²) in [4.78, 5) is 4.65. The Morgan fingerprint density at radius 3 is 1.63 bits per heavy atom. The van der Waals surface area contributed by atoms with E-state index in [1.54, 1.807) is 34.5 Å². The number of nitrogens with two attached hydrogens (primary N) is 2. The largest absolute Gasteiger partial charge is 0.493 e. The summed E-state index contributed by atoms with van der Waals surface area (Å²) in [5.74, 6) is 2.40. The van der Waals surface area contributed by atoms with Crippen LogP contribution in [0.2, 0.25) is 0 Å². The Balaban J connectivity index is 0.00000218. The van der Waals surface area contributed by atoms with Crippen molar-refractivity contribution < 1.29 is 18.9 Å². The molecule has 7 nitrogen and oxygen atoms in total. The van der Waals surface area contributed by atoms with E-state index >= 15 is 0 Å². The van der Waals surface area contributed by atoms with Crippen LogP contribution in [0.1, 0.15) is 31.9 Å². The number of methoxy groups -OCH3 is 4. The normalized spacial score (nSPS) is 11.7. The molecule has 2 rings (SSSR count). The van der Waals surface area contributed by atoms with Crippen LogP contribution >= 0.6 is 0 Å². The topological polar surface area (TPSA) is 101 Å². The lowest BCUT2D eigenvalue weighted by molar-refractivity contribution is 0.355.